The summed E-state index contributed by atoms with van der Waals surface area (Å²) in [5.74, 6) is -0.0684. The van der Waals surface area contributed by atoms with Crippen molar-refractivity contribution in [3.05, 3.63) is 24.3 Å². The van der Waals surface area contributed by atoms with Crippen LogP contribution in [0.4, 0.5) is 5.69 Å². The highest BCUT2D eigenvalue weighted by Gasteiger charge is 2.25. The van der Waals surface area contributed by atoms with Gasteiger partial charge in [0.2, 0.25) is 10.0 Å². The van der Waals surface area contributed by atoms with E-state index in [0.717, 1.165) is 19.4 Å². The minimum absolute atomic E-state index is 0.0684. The zero-order chi connectivity index (χ0) is 18.4. The molecule has 1 aliphatic heterocycles. The number of sulfonamides is 1. The van der Waals surface area contributed by atoms with Crippen LogP contribution < -0.4 is 10.2 Å². The van der Waals surface area contributed by atoms with Crippen LogP contribution in [0.2, 0.25) is 0 Å². The first-order chi connectivity index (χ1) is 11.9. The Kier molecular flexibility index (Phi) is 6.98. The van der Waals surface area contributed by atoms with Gasteiger partial charge >= 0.3 is 0 Å². The number of amides is 1. The van der Waals surface area contributed by atoms with Crippen LogP contribution in [-0.4, -0.2) is 50.9 Å². The molecular formula is C18H30N3O3S+. The highest BCUT2D eigenvalue weighted by molar-refractivity contribution is 7.89. The molecule has 140 valence electrons. The van der Waals surface area contributed by atoms with E-state index in [2.05, 4.69) is 12.2 Å². The van der Waals surface area contributed by atoms with Gasteiger partial charge in [0.05, 0.1) is 17.5 Å². The lowest BCUT2D eigenvalue weighted by Crippen LogP contribution is -3.17. The van der Waals surface area contributed by atoms with Crippen molar-refractivity contribution in [2.45, 2.75) is 51.0 Å². The number of likely N-dealkylation sites (tertiary alicyclic amines) is 1. The van der Waals surface area contributed by atoms with Gasteiger partial charge in [0.1, 0.15) is 0 Å². The predicted molar refractivity (Wildman–Crippen MR) is 99.2 cm³/mol. The summed E-state index contributed by atoms with van der Waals surface area (Å²) in [6, 6.07) is 7.01. The molecule has 1 saturated heterocycles. The van der Waals surface area contributed by atoms with Crippen molar-refractivity contribution in [1.82, 2.24) is 4.31 Å². The van der Waals surface area contributed by atoms with E-state index >= 15 is 0 Å². The quantitative estimate of drug-likeness (QED) is 0.757. The average molecular weight is 369 g/mol. The Morgan fingerprint density at radius 2 is 2.00 bits per heavy atom. The average Bonchev–Trinajstić information content (AvgIpc) is 2.58. The van der Waals surface area contributed by atoms with E-state index in [1.165, 1.54) is 15.6 Å². The number of piperidine rings is 1. The second kappa shape index (κ2) is 8.78. The van der Waals surface area contributed by atoms with Crippen LogP contribution in [0.15, 0.2) is 29.2 Å². The van der Waals surface area contributed by atoms with Crippen LogP contribution in [0, 0.1) is 0 Å². The number of carbonyl (C=O) groups is 1. The number of nitrogens with zero attached hydrogens (tertiary/aromatic N) is 1. The van der Waals surface area contributed by atoms with Gasteiger partial charge in [-0.1, -0.05) is 19.9 Å². The largest absolute Gasteiger partial charge is 0.325 e. The number of benzene rings is 1. The SMILES string of the molecule is CCN(CC)S(=O)(=O)c1cccc(NC(=O)C[NH+]2CCCC[C@@H]2C)c1. The zero-order valence-corrected chi connectivity index (χ0v) is 16.2. The molecule has 1 aromatic carbocycles. The summed E-state index contributed by atoms with van der Waals surface area (Å²) >= 11 is 0. The third-order valence-corrected chi connectivity index (χ3v) is 6.98. The third-order valence-electron chi connectivity index (χ3n) is 4.93. The van der Waals surface area contributed by atoms with Crippen molar-refractivity contribution >= 4 is 21.6 Å². The van der Waals surface area contributed by atoms with E-state index in [1.807, 2.05) is 13.8 Å². The van der Waals surface area contributed by atoms with Gasteiger partial charge in [-0.3, -0.25) is 4.79 Å². The molecule has 0 bridgehead atoms. The molecule has 2 rings (SSSR count). The molecule has 0 aliphatic carbocycles. The smallest absolute Gasteiger partial charge is 0.279 e. The lowest BCUT2D eigenvalue weighted by Gasteiger charge is -2.29. The maximum absolute atomic E-state index is 12.6. The van der Waals surface area contributed by atoms with E-state index in [9.17, 15) is 13.2 Å². The van der Waals surface area contributed by atoms with E-state index < -0.39 is 10.0 Å². The molecule has 2 atom stereocenters. The molecule has 25 heavy (non-hydrogen) atoms. The summed E-state index contributed by atoms with van der Waals surface area (Å²) in [5, 5.41) is 2.85. The van der Waals surface area contributed by atoms with Gasteiger partial charge in [-0.25, -0.2) is 8.42 Å². The normalized spacial score (nSPS) is 21.3. The first-order valence-electron chi connectivity index (χ1n) is 9.13. The summed E-state index contributed by atoms with van der Waals surface area (Å²) < 4.78 is 26.6. The summed E-state index contributed by atoms with van der Waals surface area (Å²) in [6.45, 7) is 8.10. The van der Waals surface area contributed by atoms with Crippen LogP contribution in [0.5, 0.6) is 0 Å². The van der Waals surface area contributed by atoms with Gasteiger partial charge in [-0.15, -0.1) is 0 Å². The van der Waals surface area contributed by atoms with E-state index in [4.69, 9.17) is 0 Å². The summed E-state index contributed by atoms with van der Waals surface area (Å²) in [5.41, 5.74) is 0.530. The van der Waals surface area contributed by atoms with Gasteiger partial charge < -0.3 is 10.2 Å². The Balaban J connectivity index is 2.07. The second-order valence-corrected chi connectivity index (χ2v) is 8.59. The Hall–Kier alpha value is -1.44. The van der Waals surface area contributed by atoms with Crippen molar-refractivity contribution in [1.29, 1.82) is 0 Å². The number of nitrogens with one attached hydrogen (secondary N) is 2. The van der Waals surface area contributed by atoms with E-state index in [1.54, 1.807) is 24.3 Å². The first kappa shape index (κ1) is 19.9. The van der Waals surface area contributed by atoms with Gasteiger partial charge in [-0.05, 0) is 44.4 Å². The number of hydrogen-bond donors (Lipinski definition) is 2. The Bertz CT molecular complexity index is 687. The zero-order valence-electron chi connectivity index (χ0n) is 15.4. The lowest BCUT2D eigenvalue weighted by molar-refractivity contribution is -0.920. The molecule has 0 radical (unpaired) electrons. The number of rotatable bonds is 7. The molecule has 1 fully saturated rings. The molecule has 6 nitrogen and oxygen atoms in total. The highest BCUT2D eigenvalue weighted by atomic mass is 32.2. The van der Waals surface area contributed by atoms with Crippen LogP contribution in [0.3, 0.4) is 0 Å². The Morgan fingerprint density at radius 1 is 1.28 bits per heavy atom. The number of quaternary nitrogens is 1. The Labute approximate surface area is 151 Å². The Morgan fingerprint density at radius 3 is 2.64 bits per heavy atom. The van der Waals surface area contributed by atoms with E-state index in [-0.39, 0.29) is 10.8 Å². The van der Waals surface area contributed by atoms with Crippen LogP contribution in [0.1, 0.15) is 40.0 Å². The fourth-order valence-corrected chi connectivity index (χ4v) is 4.88. The number of hydrogen-bond acceptors (Lipinski definition) is 3. The van der Waals surface area contributed by atoms with Crippen molar-refractivity contribution in [3.63, 3.8) is 0 Å². The third kappa shape index (κ3) is 5.03. The van der Waals surface area contributed by atoms with Crippen molar-refractivity contribution in [2.24, 2.45) is 0 Å². The van der Waals surface area contributed by atoms with Crippen molar-refractivity contribution in [2.75, 3.05) is 31.5 Å². The molecule has 2 N–H and O–H groups in total. The summed E-state index contributed by atoms with van der Waals surface area (Å²) in [7, 11) is -3.52. The second-order valence-electron chi connectivity index (χ2n) is 6.65. The lowest BCUT2D eigenvalue weighted by atomic mass is 10.0. The molecular weight excluding hydrogens is 338 g/mol. The maximum atomic E-state index is 12.6. The van der Waals surface area contributed by atoms with Gasteiger partial charge in [0.15, 0.2) is 6.54 Å². The van der Waals surface area contributed by atoms with Crippen LogP contribution in [-0.2, 0) is 14.8 Å². The van der Waals surface area contributed by atoms with Crippen molar-refractivity contribution in [3.8, 4) is 0 Å². The molecule has 7 heteroatoms. The van der Waals surface area contributed by atoms with Gasteiger partial charge in [0.25, 0.3) is 5.91 Å². The van der Waals surface area contributed by atoms with Crippen LogP contribution in [0.25, 0.3) is 0 Å². The molecule has 0 aromatic heterocycles. The minimum Gasteiger partial charge on any atom is -0.325 e. The maximum Gasteiger partial charge on any atom is 0.279 e. The fraction of sp³-hybridized carbons (Fsp3) is 0.611. The molecule has 0 saturated carbocycles. The predicted octanol–water partition coefficient (Wildman–Crippen LogP) is 1.11. The minimum atomic E-state index is -3.52. The molecule has 1 heterocycles. The number of carbonyl (C=O) groups excluding carboxylic acids is 1. The van der Waals surface area contributed by atoms with Crippen molar-refractivity contribution < 1.29 is 18.1 Å². The molecule has 0 spiro atoms. The summed E-state index contributed by atoms with van der Waals surface area (Å²) in [4.78, 5) is 13.9. The topological polar surface area (TPSA) is 70.9 Å². The first-order valence-corrected chi connectivity index (χ1v) is 10.6. The molecule has 1 aliphatic rings. The number of anilines is 1. The van der Waals surface area contributed by atoms with Crippen LogP contribution >= 0.6 is 0 Å². The molecule has 1 amide bonds. The fourth-order valence-electron chi connectivity index (χ4n) is 3.37. The monoisotopic (exact) mass is 368 g/mol. The van der Waals surface area contributed by atoms with Gasteiger partial charge in [-0.2, -0.15) is 4.31 Å². The van der Waals surface area contributed by atoms with E-state index in [0.29, 0.717) is 31.4 Å². The summed E-state index contributed by atoms with van der Waals surface area (Å²) in [6.07, 6.45) is 3.54. The molecule has 1 unspecified atom stereocenters. The highest BCUT2D eigenvalue weighted by Crippen LogP contribution is 2.19. The standard InChI is InChI=1S/C18H29N3O3S/c1-4-21(5-2)25(23,24)17-11-8-10-16(13-17)19-18(22)14-20-12-7-6-9-15(20)3/h8,10-11,13,15H,4-7,9,12,14H2,1-3H3,(H,19,22)/p+1/t15-/m0/s1. The molecule has 1 aromatic rings. The van der Waals surface area contributed by atoms with Gasteiger partial charge in [0, 0.05) is 18.8 Å².